The zero-order valence-electron chi connectivity index (χ0n) is 11.9. The van der Waals surface area contributed by atoms with Gasteiger partial charge in [0, 0.05) is 36.4 Å². The maximum Gasteiger partial charge on any atom is 0.0562 e. The van der Waals surface area contributed by atoms with Crippen molar-refractivity contribution >= 4 is 17.0 Å². The molecule has 4 heteroatoms. The van der Waals surface area contributed by atoms with E-state index < -0.39 is 0 Å². The molecule has 0 fully saturated rings. The number of nitrogens with zero attached hydrogens (tertiary/aromatic N) is 2. The van der Waals surface area contributed by atoms with Crippen LogP contribution in [0.5, 0.6) is 0 Å². The lowest BCUT2D eigenvalue weighted by Crippen LogP contribution is -2.29. The third-order valence-corrected chi connectivity index (χ3v) is 4.73. The van der Waals surface area contributed by atoms with E-state index in [9.17, 15) is 0 Å². The second-order valence-electron chi connectivity index (χ2n) is 5.22. The van der Waals surface area contributed by atoms with Crippen LogP contribution in [0.25, 0.3) is 0 Å². The summed E-state index contributed by atoms with van der Waals surface area (Å²) in [4.78, 5) is 8.47. The van der Waals surface area contributed by atoms with E-state index in [0.29, 0.717) is 0 Å². The second kappa shape index (κ2) is 6.37. The molecule has 0 saturated heterocycles. The van der Waals surface area contributed by atoms with Crippen LogP contribution in [0.1, 0.15) is 29.5 Å². The number of rotatable bonds is 5. The number of hydrogen-bond acceptors (Lipinski definition) is 4. The molecule has 0 unspecified atom stereocenters. The fourth-order valence-corrected chi connectivity index (χ4v) is 3.51. The van der Waals surface area contributed by atoms with Gasteiger partial charge in [0.1, 0.15) is 0 Å². The predicted octanol–water partition coefficient (Wildman–Crippen LogP) is 3.21. The average Bonchev–Trinajstić information content (AvgIpc) is 2.95. The van der Waals surface area contributed by atoms with E-state index in [0.717, 1.165) is 38.3 Å². The van der Waals surface area contributed by atoms with E-state index in [1.54, 1.807) is 4.88 Å². The van der Waals surface area contributed by atoms with Crippen LogP contribution < -0.4 is 10.2 Å². The Morgan fingerprint density at radius 3 is 3.25 bits per heavy atom. The van der Waals surface area contributed by atoms with Gasteiger partial charge in [-0.1, -0.05) is 6.92 Å². The molecule has 0 saturated carbocycles. The molecule has 106 valence electrons. The monoisotopic (exact) mass is 287 g/mol. The van der Waals surface area contributed by atoms with E-state index >= 15 is 0 Å². The third-order valence-electron chi connectivity index (χ3n) is 3.71. The van der Waals surface area contributed by atoms with E-state index in [1.165, 1.54) is 17.7 Å². The Morgan fingerprint density at radius 1 is 1.40 bits per heavy atom. The van der Waals surface area contributed by atoms with Gasteiger partial charge in [-0.3, -0.25) is 4.98 Å². The molecule has 0 aromatic carbocycles. The summed E-state index contributed by atoms with van der Waals surface area (Å²) in [6.07, 6.45) is 4.26. The van der Waals surface area contributed by atoms with Gasteiger partial charge in [-0.05, 0) is 48.5 Å². The molecule has 1 aliphatic rings. The summed E-state index contributed by atoms with van der Waals surface area (Å²) in [6.45, 7) is 6.24. The first-order valence-corrected chi connectivity index (χ1v) is 8.20. The summed E-state index contributed by atoms with van der Waals surface area (Å²) in [5, 5.41) is 5.62. The lowest BCUT2D eigenvalue weighted by atomic mass is 10.1. The summed E-state index contributed by atoms with van der Waals surface area (Å²) in [5.74, 6) is 0. The van der Waals surface area contributed by atoms with Crippen LogP contribution >= 0.6 is 11.3 Å². The van der Waals surface area contributed by atoms with Crippen LogP contribution in [0.15, 0.2) is 29.8 Å². The van der Waals surface area contributed by atoms with Gasteiger partial charge in [0.25, 0.3) is 0 Å². The van der Waals surface area contributed by atoms with Crippen molar-refractivity contribution in [3.05, 3.63) is 45.9 Å². The van der Waals surface area contributed by atoms with Crippen LogP contribution in [-0.2, 0) is 19.5 Å². The molecule has 1 aliphatic heterocycles. The molecule has 3 rings (SSSR count). The first-order chi connectivity index (χ1) is 9.86. The highest BCUT2D eigenvalue weighted by Gasteiger charge is 2.17. The van der Waals surface area contributed by atoms with Crippen LogP contribution in [0, 0.1) is 0 Å². The maximum atomic E-state index is 4.45. The van der Waals surface area contributed by atoms with Crippen LogP contribution in [-0.4, -0.2) is 18.1 Å². The van der Waals surface area contributed by atoms with E-state index in [4.69, 9.17) is 0 Å². The van der Waals surface area contributed by atoms with Crippen molar-refractivity contribution in [1.29, 1.82) is 0 Å². The van der Waals surface area contributed by atoms with Gasteiger partial charge < -0.3 is 10.2 Å². The van der Waals surface area contributed by atoms with E-state index in [1.807, 2.05) is 17.5 Å². The molecule has 0 spiro atoms. The largest absolute Gasteiger partial charge is 0.367 e. The molecule has 3 nitrogen and oxygen atoms in total. The van der Waals surface area contributed by atoms with Gasteiger partial charge in [-0.25, -0.2) is 0 Å². The number of pyridine rings is 1. The predicted molar refractivity (Wildman–Crippen MR) is 85.3 cm³/mol. The Hall–Kier alpha value is -1.39. The zero-order valence-corrected chi connectivity index (χ0v) is 12.7. The lowest BCUT2D eigenvalue weighted by Gasteiger charge is -2.29. The van der Waals surface area contributed by atoms with Crippen molar-refractivity contribution in [2.75, 3.05) is 18.0 Å². The Balaban J connectivity index is 1.70. The molecule has 0 amide bonds. The highest BCUT2D eigenvalue weighted by Crippen LogP contribution is 2.27. The lowest BCUT2D eigenvalue weighted by molar-refractivity contribution is 0.663. The normalized spacial score (nSPS) is 14.3. The zero-order chi connectivity index (χ0) is 13.8. The molecule has 0 aliphatic carbocycles. The molecule has 2 aromatic rings. The van der Waals surface area contributed by atoms with Crippen molar-refractivity contribution in [1.82, 2.24) is 10.3 Å². The van der Waals surface area contributed by atoms with Crippen LogP contribution in [0.2, 0.25) is 0 Å². The van der Waals surface area contributed by atoms with E-state index in [2.05, 4.69) is 45.7 Å². The first kappa shape index (κ1) is 13.6. The minimum atomic E-state index is 0.860. The Morgan fingerprint density at radius 2 is 2.35 bits per heavy atom. The van der Waals surface area contributed by atoms with E-state index in [-0.39, 0.29) is 0 Å². The van der Waals surface area contributed by atoms with Crippen molar-refractivity contribution in [3.8, 4) is 0 Å². The average molecular weight is 287 g/mol. The number of aromatic nitrogens is 1. The first-order valence-electron chi connectivity index (χ1n) is 7.32. The molecule has 0 bridgehead atoms. The van der Waals surface area contributed by atoms with Crippen molar-refractivity contribution in [3.63, 3.8) is 0 Å². The van der Waals surface area contributed by atoms with Gasteiger partial charge in [-0.15, -0.1) is 11.3 Å². The minimum absolute atomic E-state index is 0.860. The molecular weight excluding hydrogens is 266 g/mol. The number of thiophene rings is 1. The summed E-state index contributed by atoms with van der Waals surface area (Å²) in [5.41, 5.74) is 3.92. The SMILES string of the molecule is CCCNCc1cc(N2CCc3sccc3C2)ccn1. The summed E-state index contributed by atoms with van der Waals surface area (Å²) in [6, 6.07) is 6.61. The molecule has 0 atom stereocenters. The Bertz CT molecular complexity index is 564. The smallest absolute Gasteiger partial charge is 0.0562 e. The fraction of sp³-hybridized carbons (Fsp3) is 0.438. The van der Waals surface area contributed by atoms with Gasteiger partial charge >= 0.3 is 0 Å². The highest BCUT2D eigenvalue weighted by atomic mass is 32.1. The van der Waals surface area contributed by atoms with Crippen LogP contribution in [0.3, 0.4) is 0 Å². The number of fused-ring (bicyclic) bond motifs is 1. The van der Waals surface area contributed by atoms with Crippen LogP contribution in [0.4, 0.5) is 5.69 Å². The Labute approximate surface area is 124 Å². The van der Waals surface area contributed by atoms with Crippen molar-refractivity contribution < 1.29 is 0 Å². The molecular formula is C16H21N3S. The minimum Gasteiger partial charge on any atom is -0.367 e. The fourth-order valence-electron chi connectivity index (χ4n) is 2.62. The number of anilines is 1. The van der Waals surface area contributed by atoms with Crippen molar-refractivity contribution in [2.24, 2.45) is 0 Å². The van der Waals surface area contributed by atoms with Gasteiger partial charge in [0.2, 0.25) is 0 Å². The quantitative estimate of drug-likeness (QED) is 0.856. The number of hydrogen-bond donors (Lipinski definition) is 1. The Kier molecular flexibility index (Phi) is 4.33. The molecule has 1 N–H and O–H groups in total. The molecule has 2 aromatic heterocycles. The van der Waals surface area contributed by atoms with Crippen molar-refractivity contribution in [2.45, 2.75) is 32.9 Å². The molecule has 3 heterocycles. The third kappa shape index (κ3) is 3.02. The number of nitrogens with one attached hydrogen (secondary N) is 1. The molecule has 0 radical (unpaired) electrons. The van der Waals surface area contributed by atoms with Gasteiger partial charge in [0.05, 0.1) is 5.69 Å². The topological polar surface area (TPSA) is 28.2 Å². The maximum absolute atomic E-state index is 4.45. The highest BCUT2D eigenvalue weighted by molar-refractivity contribution is 7.10. The summed E-state index contributed by atoms with van der Waals surface area (Å²) >= 11 is 1.89. The molecule has 20 heavy (non-hydrogen) atoms. The second-order valence-corrected chi connectivity index (χ2v) is 6.22. The van der Waals surface area contributed by atoms with Gasteiger partial charge in [-0.2, -0.15) is 0 Å². The van der Waals surface area contributed by atoms with Gasteiger partial charge in [0.15, 0.2) is 0 Å². The summed E-state index contributed by atoms with van der Waals surface area (Å²) in [7, 11) is 0. The summed E-state index contributed by atoms with van der Waals surface area (Å²) < 4.78 is 0. The standard InChI is InChI=1S/C16H21N3S/c1-2-6-17-11-14-10-15(3-7-18-14)19-8-4-16-13(12-19)5-9-20-16/h3,5,7,9-10,17H,2,4,6,8,11-12H2,1H3.